The summed E-state index contributed by atoms with van der Waals surface area (Å²) in [5.41, 5.74) is -0.661. The van der Waals surface area contributed by atoms with Crippen LogP contribution in [0.2, 0.25) is 0 Å². The monoisotopic (exact) mass is 612 g/mol. The number of aliphatic hydroxyl groups excluding tert-OH is 8. The molecule has 2 fully saturated rings. The van der Waals surface area contributed by atoms with Gasteiger partial charge >= 0.3 is 0 Å². The van der Waals surface area contributed by atoms with E-state index in [1.807, 2.05) is 0 Å². The lowest BCUT2D eigenvalue weighted by atomic mass is 10.00. The van der Waals surface area contributed by atoms with Crippen LogP contribution in [0.3, 0.4) is 0 Å². The van der Waals surface area contributed by atoms with E-state index in [4.69, 9.17) is 39.4 Å². The highest BCUT2D eigenvalue weighted by molar-refractivity contribution is 5.88. The molecule has 0 saturated carbocycles. The zero-order chi connectivity index (χ0) is 31.7. The summed E-state index contributed by atoms with van der Waals surface area (Å²) in [6.45, 7) is 0.927. The molecule has 0 amide bonds. The molecule has 2 aromatic carbocycles. The van der Waals surface area contributed by atoms with Crippen molar-refractivity contribution in [3.05, 3.63) is 46.6 Å². The van der Waals surface area contributed by atoms with Crippen molar-refractivity contribution in [2.75, 3.05) is 6.61 Å². The van der Waals surface area contributed by atoms with Crippen molar-refractivity contribution < 1.29 is 74.8 Å². The van der Waals surface area contributed by atoms with Crippen LogP contribution in [0.25, 0.3) is 22.3 Å². The van der Waals surface area contributed by atoms with E-state index in [9.17, 15) is 35.4 Å². The Kier molecular flexibility index (Phi) is 9.77. The molecule has 0 bridgehead atoms. The van der Waals surface area contributed by atoms with Gasteiger partial charge in [-0.3, -0.25) is 4.79 Å². The fourth-order valence-corrected chi connectivity index (χ4v) is 4.49. The zero-order valence-electron chi connectivity index (χ0n) is 22.4. The van der Waals surface area contributed by atoms with Crippen molar-refractivity contribution in [1.82, 2.24) is 0 Å². The van der Waals surface area contributed by atoms with Crippen LogP contribution in [0.4, 0.5) is 0 Å². The highest BCUT2D eigenvalue weighted by atomic mass is 16.7. The minimum atomic E-state index is -1.69. The molecule has 3 aromatic rings. The number of aromatic hydroxyl groups is 3. The van der Waals surface area contributed by atoms with Gasteiger partial charge in [-0.25, -0.2) is 0 Å². The summed E-state index contributed by atoms with van der Waals surface area (Å²) in [4.78, 5) is 13.2. The maximum atomic E-state index is 13.2. The first-order valence-electron chi connectivity index (χ1n) is 12.9. The lowest BCUT2D eigenvalue weighted by Crippen LogP contribution is -2.58. The molecule has 10 atom stereocenters. The van der Waals surface area contributed by atoms with Gasteiger partial charge in [0.25, 0.3) is 0 Å². The molecule has 16 heteroatoms. The van der Waals surface area contributed by atoms with Crippen molar-refractivity contribution in [3.8, 4) is 34.3 Å². The second-order valence-corrected chi connectivity index (χ2v) is 9.99. The third kappa shape index (κ3) is 6.53. The number of benzene rings is 2. The number of hydrogen-bond donors (Lipinski definition) is 11. The largest absolute Gasteiger partial charge is 0.508 e. The molecule has 43 heavy (non-hydrogen) atoms. The summed E-state index contributed by atoms with van der Waals surface area (Å²) in [7, 11) is 0. The normalized spacial score (nSPS) is 32.6. The summed E-state index contributed by atoms with van der Waals surface area (Å²) >= 11 is 0. The van der Waals surface area contributed by atoms with Gasteiger partial charge in [0.05, 0.1) is 12.7 Å². The molecule has 5 rings (SSSR count). The van der Waals surface area contributed by atoms with Crippen LogP contribution in [0.1, 0.15) is 6.92 Å². The van der Waals surface area contributed by atoms with Gasteiger partial charge < -0.3 is 74.8 Å². The number of rotatable bonds is 4. The van der Waals surface area contributed by atoms with E-state index in [-0.39, 0.29) is 28.2 Å². The number of aliphatic hydroxyl groups is 8. The van der Waals surface area contributed by atoms with Crippen LogP contribution in [0, 0.1) is 0 Å². The fourth-order valence-electron chi connectivity index (χ4n) is 4.49. The molecule has 1 aromatic heterocycles. The quantitative estimate of drug-likeness (QED) is 0.146. The van der Waals surface area contributed by atoms with Crippen LogP contribution < -0.4 is 10.2 Å². The van der Waals surface area contributed by atoms with Gasteiger partial charge in [-0.2, -0.15) is 0 Å². The van der Waals surface area contributed by atoms with E-state index in [1.54, 1.807) is 0 Å². The first kappa shape index (κ1) is 32.4. The Hall–Kier alpha value is -3.55. The predicted molar refractivity (Wildman–Crippen MR) is 142 cm³/mol. The molecule has 0 radical (unpaired) electrons. The Morgan fingerprint density at radius 3 is 2.02 bits per heavy atom. The lowest BCUT2D eigenvalue weighted by Gasteiger charge is -2.38. The molecular formula is C27H32O16. The minimum absolute atomic E-state index is 0.0402. The predicted octanol–water partition coefficient (Wildman–Crippen LogP) is -2.44. The molecular weight excluding hydrogens is 580 g/mol. The number of phenols is 3. The first-order valence-corrected chi connectivity index (χ1v) is 12.9. The van der Waals surface area contributed by atoms with Crippen LogP contribution in [0.15, 0.2) is 45.6 Å². The average Bonchev–Trinajstić information content (AvgIpc) is 2.97. The number of hydrogen-bond acceptors (Lipinski definition) is 16. The maximum absolute atomic E-state index is 13.2. The molecule has 0 aliphatic carbocycles. The van der Waals surface area contributed by atoms with Crippen molar-refractivity contribution in [2.24, 2.45) is 0 Å². The second-order valence-electron chi connectivity index (χ2n) is 9.99. The van der Waals surface area contributed by atoms with Crippen LogP contribution >= 0.6 is 0 Å². The molecule has 236 valence electrons. The van der Waals surface area contributed by atoms with Crippen molar-refractivity contribution >= 4 is 11.0 Å². The number of phenolic OH excluding ortho intramolecular Hbond substituents is 3. The summed E-state index contributed by atoms with van der Waals surface area (Å²) in [6.07, 6.45) is -14.2. The van der Waals surface area contributed by atoms with E-state index in [0.29, 0.717) is 5.56 Å². The molecule has 2 aliphatic rings. The molecule has 0 spiro atoms. The molecule has 2 aliphatic heterocycles. The van der Waals surface area contributed by atoms with Crippen molar-refractivity contribution in [2.45, 2.75) is 68.3 Å². The van der Waals surface area contributed by atoms with Gasteiger partial charge in [-0.15, -0.1) is 0 Å². The molecule has 0 unspecified atom stereocenters. The van der Waals surface area contributed by atoms with Crippen molar-refractivity contribution in [3.63, 3.8) is 0 Å². The van der Waals surface area contributed by atoms with E-state index in [1.165, 1.54) is 31.2 Å². The zero-order valence-corrected chi connectivity index (χ0v) is 22.4. The fraction of sp³-hybridized carbons (Fsp3) is 0.444. The van der Waals surface area contributed by atoms with Gasteiger partial charge in [0.15, 0.2) is 12.1 Å². The highest BCUT2D eigenvalue weighted by Crippen LogP contribution is 2.37. The van der Waals surface area contributed by atoms with Gasteiger partial charge in [0.2, 0.25) is 17.5 Å². The van der Waals surface area contributed by atoms with Gasteiger partial charge in [0.1, 0.15) is 70.9 Å². The Bertz CT molecular complexity index is 1450. The second kappa shape index (κ2) is 13.0. The molecule has 3 heterocycles. The van der Waals surface area contributed by atoms with Crippen LogP contribution in [-0.2, 0) is 9.47 Å². The van der Waals surface area contributed by atoms with Gasteiger partial charge in [-0.1, -0.05) is 0 Å². The molecule has 2 saturated heterocycles. The Morgan fingerprint density at radius 1 is 0.767 bits per heavy atom. The Labute approximate surface area is 242 Å². The Morgan fingerprint density at radius 2 is 1.40 bits per heavy atom. The minimum Gasteiger partial charge on any atom is -0.508 e. The van der Waals surface area contributed by atoms with Crippen molar-refractivity contribution in [1.29, 1.82) is 0 Å². The maximum Gasteiger partial charge on any atom is 0.239 e. The molecule has 11 N–H and O–H groups in total. The van der Waals surface area contributed by atoms with E-state index in [0.717, 1.165) is 12.1 Å². The summed E-state index contributed by atoms with van der Waals surface area (Å²) < 4.78 is 21.3. The standard InChI is InChI=1S/C21H20O10.C6H12O6/c1-8-15(25)17(27)18(28)21(29-8)31-20-16(26)14-12(24)6-11(23)7-13(14)30-19(20)9-2-4-10(22)5-3-9;7-1-2-3(8)4(9)5(10)6(11)12-2/h2-8,15,17-18,21-25,27-28H,1H3;2-11H,1H2/t8-,15-,17+,18+,21-;2-,3-,4+,5-,6-/m01/s1. The average molecular weight is 613 g/mol. The van der Waals surface area contributed by atoms with Gasteiger partial charge in [0, 0.05) is 17.7 Å². The van der Waals surface area contributed by atoms with E-state index in [2.05, 4.69) is 4.74 Å². The lowest BCUT2D eigenvalue weighted by molar-refractivity contribution is -0.286. The van der Waals surface area contributed by atoms with E-state index >= 15 is 0 Å². The van der Waals surface area contributed by atoms with Gasteiger partial charge in [-0.05, 0) is 31.2 Å². The molecule has 16 nitrogen and oxygen atoms in total. The van der Waals surface area contributed by atoms with E-state index < -0.39 is 84.9 Å². The van der Waals surface area contributed by atoms with Crippen LogP contribution in [-0.4, -0.2) is 124 Å². The van der Waals surface area contributed by atoms with Crippen LogP contribution in [0.5, 0.6) is 23.0 Å². The highest BCUT2D eigenvalue weighted by Gasteiger charge is 2.44. The summed E-state index contributed by atoms with van der Waals surface area (Å²) in [6, 6.07) is 7.66. The third-order valence-corrected chi connectivity index (χ3v) is 6.96. The first-order chi connectivity index (χ1) is 20.2. The Balaban J connectivity index is 0.000000296. The SMILES string of the molecule is C[C@@H]1O[C@@H](Oc2c(-c3ccc(O)cc3)oc3cc(O)cc(O)c3c2=O)[C@H](O)[C@H](O)[C@H]1O.OC[C@H]1O[C@@H](O)[C@H](O)[C@@H](O)[C@@H]1O. The summed E-state index contributed by atoms with van der Waals surface area (Å²) in [5, 5.41) is 104. The topological polar surface area (TPSA) is 280 Å². The third-order valence-electron chi connectivity index (χ3n) is 6.96. The smallest absolute Gasteiger partial charge is 0.239 e. The summed E-state index contributed by atoms with van der Waals surface area (Å²) in [5.74, 6) is -1.51. The number of ether oxygens (including phenoxy) is 3. The number of fused-ring (bicyclic) bond motifs is 1.